The lowest BCUT2D eigenvalue weighted by molar-refractivity contribution is 0.237. The SMILES string of the molecule is CC1CCN(c2nn(C)c3cc(C4CCNCC4)ccc23)C(=O)N1. The van der Waals surface area contributed by atoms with Gasteiger partial charge in [-0.3, -0.25) is 9.58 Å². The van der Waals surface area contributed by atoms with Crippen molar-refractivity contribution in [2.75, 3.05) is 24.5 Å². The summed E-state index contributed by atoms with van der Waals surface area (Å²) in [5.41, 5.74) is 2.49. The second kappa shape index (κ2) is 6.09. The van der Waals surface area contributed by atoms with Gasteiger partial charge >= 0.3 is 6.03 Å². The third-order valence-corrected chi connectivity index (χ3v) is 5.32. The molecular weight excluding hydrogens is 302 g/mol. The average Bonchev–Trinajstić information content (AvgIpc) is 2.92. The van der Waals surface area contributed by atoms with Crippen LogP contribution in [-0.2, 0) is 7.05 Å². The molecule has 0 bridgehead atoms. The first kappa shape index (κ1) is 15.4. The summed E-state index contributed by atoms with van der Waals surface area (Å²) in [4.78, 5) is 14.1. The molecule has 1 atom stereocenters. The van der Waals surface area contributed by atoms with Crippen molar-refractivity contribution in [2.24, 2.45) is 7.05 Å². The third kappa shape index (κ3) is 2.65. The number of urea groups is 1. The highest BCUT2D eigenvalue weighted by Crippen LogP contribution is 2.32. The summed E-state index contributed by atoms with van der Waals surface area (Å²) in [7, 11) is 1.96. The maximum absolute atomic E-state index is 12.3. The van der Waals surface area contributed by atoms with E-state index >= 15 is 0 Å². The van der Waals surface area contributed by atoms with E-state index in [2.05, 4.69) is 33.9 Å². The number of piperidine rings is 1. The molecule has 2 aliphatic heterocycles. The first-order valence-corrected chi connectivity index (χ1v) is 8.89. The second-order valence-electron chi connectivity index (χ2n) is 7.04. The van der Waals surface area contributed by atoms with E-state index in [-0.39, 0.29) is 12.1 Å². The van der Waals surface area contributed by atoms with Gasteiger partial charge in [-0.15, -0.1) is 0 Å². The van der Waals surface area contributed by atoms with Gasteiger partial charge in [0, 0.05) is 25.0 Å². The Kier molecular flexibility index (Phi) is 3.92. The minimum absolute atomic E-state index is 0.0452. The van der Waals surface area contributed by atoms with Crippen LogP contribution in [0.2, 0.25) is 0 Å². The minimum Gasteiger partial charge on any atom is -0.335 e. The number of amides is 2. The molecule has 4 rings (SSSR count). The number of carbonyl (C=O) groups is 1. The van der Waals surface area contributed by atoms with Gasteiger partial charge in [-0.1, -0.05) is 6.07 Å². The van der Waals surface area contributed by atoms with Crippen LogP contribution in [-0.4, -0.2) is 41.5 Å². The van der Waals surface area contributed by atoms with Crippen LogP contribution in [0.5, 0.6) is 0 Å². The van der Waals surface area contributed by atoms with Gasteiger partial charge in [0.1, 0.15) is 0 Å². The first-order valence-electron chi connectivity index (χ1n) is 8.89. The Morgan fingerprint density at radius 2 is 2.00 bits per heavy atom. The lowest BCUT2D eigenvalue weighted by Crippen LogP contribution is -2.51. The van der Waals surface area contributed by atoms with E-state index in [4.69, 9.17) is 0 Å². The summed E-state index contributed by atoms with van der Waals surface area (Å²) in [5, 5.41) is 12.1. The monoisotopic (exact) mass is 327 g/mol. The van der Waals surface area contributed by atoms with E-state index in [1.54, 1.807) is 4.90 Å². The molecule has 2 fully saturated rings. The van der Waals surface area contributed by atoms with Gasteiger partial charge in [-0.2, -0.15) is 5.10 Å². The Balaban J connectivity index is 1.69. The molecule has 1 aromatic carbocycles. The molecule has 0 aliphatic carbocycles. The highest BCUT2D eigenvalue weighted by atomic mass is 16.2. The number of rotatable bonds is 2. The van der Waals surface area contributed by atoms with Crippen molar-refractivity contribution >= 4 is 22.8 Å². The number of nitrogens with zero attached hydrogens (tertiary/aromatic N) is 3. The van der Waals surface area contributed by atoms with Crippen LogP contribution in [0, 0.1) is 0 Å². The largest absolute Gasteiger partial charge is 0.335 e. The van der Waals surface area contributed by atoms with Crippen LogP contribution in [0.25, 0.3) is 10.9 Å². The van der Waals surface area contributed by atoms with Crippen molar-refractivity contribution < 1.29 is 4.79 Å². The number of carbonyl (C=O) groups excluding carboxylic acids is 1. The van der Waals surface area contributed by atoms with E-state index < -0.39 is 0 Å². The Morgan fingerprint density at radius 3 is 2.75 bits per heavy atom. The number of nitrogens with one attached hydrogen (secondary N) is 2. The topological polar surface area (TPSA) is 62.2 Å². The van der Waals surface area contributed by atoms with Gasteiger partial charge in [-0.05, 0) is 62.9 Å². The van der Waals surface area contributed by atoms with E-state index in [1.807, 2.05) is 18.7 Å². The summed E-state index contributed by atoms with van der Waals surface area (Å²) in [6.45, 7) is 4.93. The highest BCUT2D eigenvalue weighted by Gasteiger charge is 2.27. The Hall–Kier alpha value is -2.08. The molecule has 1 aromatic heterocycles. The summed E-state index contributed by atoms with van der Waals surface area (Å²) < 4.78 is 1.90. The number of aryl methyl sites for hydroxylation is 1. The number of aromatic nitrogens is 2. The molecule has 2 N–H and O–H groups in total. The van der Waals surface area contributed by atoms with E-state index in [0.29, 0.717) is 5.92 Å². The molecule has 3 heterocycles. The molecule has 1 unspecified atom stereocenters. The lowest BCUT2D eigenvalue weighted by atomic mass is 9.90. The van der Waals surface area contributed by atoms with Gasteiger partial charge in [0.05, 0.1) is 5.52 Å². The smallest absolute Gasteiger partial charge is 0.323 e. The van der Waals surface area contributed by atoms with Crippen LogP contribution >= 0.6 is 0 Å². The molecule has 0 radical (unpaired) electrons. The molecule has 2 aromatic rings. The molecular formula is C18H25N5O. The molecule has 0 saturated carbocycles. The molecule has 24 heavy (non-hydrogen) atoms. The predicted octanol–water partition coefficient (Wildman–Crippen LogP) is 2.35. The third-order valence-electron chi connectivity index (χ3n) is 5.32. The number of hydrogen-bond acceptors (Lipinski definition) is 3. The molecule has 6 heteroatoms. The fourth-order valence-electron chi connectivity index (χ4n) is 3.85. The van der Waals surface area contributed by atoms with Crippen molar-refractivity contribution in [1.29, 1.82) is 0 Å². The molecule has 128 valence electrons. The Bertz CT molecular complexity index is 762. The van der Waals surface area contributed by atoms with Gasteiger partial charge in [-0.25, -0.2) is 4.79 Å². The number of anilines is 1. The van der Waals surface area contributed by atoms with E-state index in [1.165, 1.54) is 18.4 Å². The predicted molar refractivity (Wildman–Crippen MR) is 95.5 cm³/mol. The summed E-state index contributed by atoms with van der Waals surface area (Å²) in [5.74, 6) is 1.39. The highest BCUT2D eigenvalue weighted by molar-refractivity contribution is 6.01. The fraction of sp³-hybridized carbons (Fsp3) is 0.556. The summed E-state index contributed by atoms with van der Waals surface area (Å²) >= 11 is 0. The fourth-order valence-corrected chi connectivity index (χ4v) is 3.85. The van der Waals surface area contributed by atoms with Crippen molar-refractivity contribution in [3.63, 3.8) is 0 Å². The quantitative estimate of drug-likeness (QED) is 0.890. The summed E-state index contributed by atoms with van der Waals surface area (Å²) in [6.07, 6.45) is 3.31. The van der Waals surface area contributed by atoms with Crippen LogP contribution in [0.4, 0.5) is 10.6 Å². The maximum Gasteiger partial charge on any atom is 0.323 e. The van der Waals surface area contributed by atoms with Crippen LogP contribution in [0.1, 0.15) is 37.7 Å². The molecule has 2 saturated heterocycles. The molecule has 2 amide bonds. The van der Waals surface area contributed by atoms with Crippen molar-refractivity contribution in [2.45, 2.75) is 38.1 Å². The number of benzene rings is 1. The molecule has 6 nitrogen and oxygen atoms in total. The number of hydrogen-bond donors (Lipinski definition) is 2. The van der Waals surface area contributed by atoms with Crippen molar-refractivity contribution in [3.8, 4) is 0 Å². The maximum atomic E-state index is 12.3. The van der Waals surface area contributed by atoms with Gasteiger partial charge in [0.15, 0.2) is 5.82 Å². The second-order valence-corrected chi connectivity index (χ2v) is 7.04. The normalized spacial score (nSPS) is 22.8. The van der Waals surface area contributed by atoms with Gasteiger partial charge < -0.3 is 10.6 Å². The lowest BCUT2D eigenvalue weighted by Gasteiger charge is -2.29. The van der Waals surface area contributed by atoms with Crippen LogP contribution < -0.4 is 15.5 Å². The zero-order valence-corrected chi connectivity index (χ0v) is 14.4. The van der Waals surface area contributed by atoms with Crippen LogP contribution in [0.3, 0.4) is 0 Å². The van der Waals surface area contributed by atoms with Crippen molar-refractivity contribution in [3.05, 3.63) is 23.8 Å². The number of fused-ring (bicyclic) bond motifs is 1. The minimum atomic E-state index is -0.0452. The van der Waals surface area contributed by atoms with Crippen molar-refractivity contribution in [1.82, 2.24) is 20.4 Å². The Morgan fingerprint density at radius 1 is 1.21 bits per heavy atom. The molecule has 2 aliphatic rings. The van der Waals surface area contributed by atoms with E-state index in [9.17, 15) is 4.79 Å². The Labute approximate surface area is 142 Å². The standard InChI is InChI=1S/C18H25N5O/c1-12-7-10-23(18(24)20-12)17-15-4-3-14(11-16(15)22(2)21-17)13-5-8-19-9-6-13/h3-4,11-13,19H,5-10H2,1-2H3,(H,20,24). The van der Waals surface area contributed by atoms with E-state index in [0.717, 1.165) is 42.8 Å². The average molecular weight is 327 g/mol. The van der Waals surface area contributed by atoms with Gasteiger partial charge in [0.25, 0.3) is 0 Å². The zero-order valence-electron chi connectivity index (χ0n) is 14.4. The first-order chi connectivity index (χ1) is 11.6. The van der Waals surface area contributed by atoms with Gasteiger partial charge in [0.2, 0.25) is 0 Å². The van der Waals surface area contributed by atoms with Crippen LogP contribution in [0.15, 0.2) is 18.2 Å². The summed E-state index contributed by atoms with van der Waals surface area (Å²) in [6, 6.07) is 6.80. The molecule has 0 spiro atoms. The zero-order chi connectivity index (χ0) is 16.7.